The van der Waals surface area contributed by atoms with Gasteiger partial charge in [0, 0.05) is 6.54 Å². The Bertz CT molecular complexity index is 36.9. The van der Waals surface area contributed by atoms with Crippen LogP contribution in [0.15, 0.2) is 0 Å². The fraction of sp³-hybridized carbons (Fsp3) is 1.00. The zero-order valence-corrected chi connectivity index (χ0v) is 8.06. The van der Waals surface area contributed by atoms with Crippen molar-refractivity contribution in [3.8, 4) is 0 Å². The summed E-state index contributed by atoms with van der Waals surface area (Å²) < 4.78 is 12.4. The topological polar surface area (TPSA) is 35.1 Å². The second-order valence-corrected chi connectivity index (χ2v) is 2.40. The molecule has 2 nitrogen and oxygen atoms in total. The molecular weight excluding hydrogens is 141 g/mol. The Morgan fingerprint density at radius 1 is 1.86 bits per heavy atom. The summed E-state index contributed by atoms with van der Waals surface area (Å²) in [7, 11) is -1.23. The molecule has 0 saturated carbocycles. The minimum atomic E-state index is -1.23. The summed E-state index contributed by atoms with van der Waals surface area (Å²) >= 11 is 4.24. The van der Waals surface area contributed by atoms with Gasteiger partial charge in [0.2, 0.25) is 0 Å². The zero-order valence-electron chi connectivity index (χ0n) is 4.43. The van der Waals surface area contributed by atoms with Gasteiger partial charge in [0.15, 0.2) is 0 Å². The van der Waals surface area contributed by atoms with Crippen LogP contribution in [0.2, 0.25) is 0 Å². The molecule has 1 unspecified atom stereocenters. The summed E-state index contributed by atoms with van der Waals surface area (Å²) in [5.41, 5.74) is 0. The summed E-state index contributed by atoms with van der Waals surface area (Å²) in [6.45, 7) is 2.53. The molecule has 1 atom stereocenters. The predicted molar refractivity (Wildman–Crippen MR) is 29.2 cm³/mol. The summed E-state index contributed by atoms with van der Waals surface area (Å²) in [4.78, 5) is 0. The van der Waals surface area contributed by atoms with Crippen LogP contribution in [-0.2, 0) is 22.1 Å². The predicted octanol–water partition coefficient (Wildman–Crippen LogP) is -3.27. The molecule has 0 fully saturated rings. The number of hydrogen-bond acceptors (Lipinski definition) is 3. The maximum Gasteiger partial charge on any atom is 1.00 e. The Morgan fingerprint density at radius 3 is 2.29 bits per heavy atom. The van der Waals surface area contributed by atoms with E-state index in [0.717, 1.165) is 0 Å². The van der Waals surface area contributed by atoms with Gasteiger partial charge in [-0.3, -0.25) is 0 Å². The Morgan fingerprint density at radius 2 is 2.29 bits per heavy atom. The molecule has 0 aliphatic heterocycles. The first-order chi connectivity index (χ1) is 2.77. The minimum absolute atomic E-state index is 0. The molecule has 0 rings (SSSR count). The molecular formula is C2H6NNaOS2. The summed E-state index contributed by atoms with van der Waals surface area (Å²) in [5.74, 6) is 0. The van der Waals surface area contributed by atoms with Crippen molar-refractivity contribution in [2.24, 2.45) is 0 Å². The second-order valence-electron chi connectivity index (χ2n) is 0.733. The van der Waals surface area contributed by atoms with E-state index in [1.807, 2.05) is 6.92 Å². The Balaban J connectivity index is 0. The van der Waals surface area contributed by atoms with E-state index in [0.29, 0.717) is 6.54 Å². The molecule has 0 spiro atoms. The van der Waals surface area contributed by atoms with Crippen molar-refractivity contribution >= 4 is 22.1 Å². The summed E-state index contributed by atoms with van der Waals surface area (Å²) in [5, 5.41) is 0. The van der Waals surface area contributed by atoms with E-state index in [-0.39, 0.29) is 29.6 Å². The third-order valence-electron chi connectivity index (χ3n) is 0.262. The fourth-order valence-electron chi connectivity index (χ4n) is 0.118. The normalized spacial score (nSPS) is 12.4. The van der Waals surface area contributed by atoms with E-state index in [2.05, 4.69) is 16.4 Å². The van der Waals surface area contributed by atoms with E-state index in [4.69, 9.17) is 0 Å². The van der Waals surface area contributed by atoms with Gasteiger partial charge in [0.05, 0.1) is 0 Å². The first-order valence-corrected chi connectivity index (χ1v) is 3.67. The molecule has 0 aromatic rings. The van der Waals surface area contributed by atoms with Crippen molar-refractivity contribution in [1.29, 1.82) is 0 Å². The molecule has 0 saturated heterocycles. The van der Waals surface area contributed by atoms with Crippen LogP contribution in [0.5, 0.6) is 0 Å². The van der Waals surface area contributed by atoms with Gasteiger partial charge in [-0.15, -0.1) is 10.4 Å². The van der Waals surface area contributed by atoms with Crippen LogP contribution in [0, 0.1) is 0 Å². The Labute approximate surface area is 73.9 Å². The largest absolute Gasteiger partial charge is 1.00 e. The van der Waals surface area contributed by atoms with E-state index < -0.39 is 10.4 Å². The number of rotatable bonds is 2. The molecule has 0 aliphatic carbocycles. The van der Waals surface area contributed by atoms with Crippen LogP contribution in [0.4, 0.5) is 0 Å². The first kappa shape index (κ1) is 11.4. The van der Waals surface area contributed by atoms with E-state index in [1.54, 1.807) is 0 Å². The van der Waals surface area contributed by atoms with Crippen LogP contribution in [0.25, 0.3) is 0 Å². The van der Waals surface area contributed by atoms with Gasteiger partial charge in [-0.1, -0.05) is 0 Å². The number of hydrogen-bond donors (Lipinski definition) is 1. The molecule has 1 N–H and O–H groups in total. The Hall–Kier alpha value is 1.62. The van der Waals surface area contributed by atoms with Gasteiger partial charge in [-0.2, -0.15) is 4.72 Å². The monoisotopic (exact) mass is 147 g/mol. The van der Waals surface area contributed by atoms with Crippen molar-refractivity contribution in [2.45, 2.75) is 6.92 Å². The third-order valence-corrected chi connectivity index (χ3v) is 1.14. The SMILES string of the molecule is CCN[S+]([O-])[S-].[Na+]. The molecule has 0 bridgehead atoms. The Kier molecular flexibility index (Phi) is 12.4. The van der Waals surface area contributed by atoms with Crippen LogP contribution >= 0.6 is 0 Å². The zero-order chi connectivity index (χ0) is 4.99. The summed E-state index contributed by atoms with van der Waals surface area (Å²) in [6.07, 6.45) is 0. The maximum atomic E-state index is 9.86. The van der Waals surface area contributed by atoms with E-state index in [9.17, 15) is 4.55 Å². The van der Waals surface area contributed by atoms with Crippen molar-refractivity contribution in [2.75, 3.05) is 6.54 Å². The van der Waals surface area contributed by atoms with Crippen molar-refractivity contribution in [3.05, 3.63) is 0 Å². The van der Waals surface area contributed by atoms with Crippen molar-refractivity contribution < 1.29 is 34.1 Å². The molecule has 0 aliphatic rings. The van der Waals surface area contributed by atoms with Crippen molar-refractivity contribution in [1.82, 2.24) is 4.72 Å². The second kappa shape index (κ2) is 7.62. The van der Waals surface area contributed by atoms with Crippen LogP contribution < -0.4 is 34.3 Å². The average Bonchev–Trinajstić information content (AvgIpc) is 1.35. The summed E-state index contributed by atoms with van der Waals surface area (Å²) in [6, 6.07) is 0. The van der Waals surface area contributed by atoms with Gasteiger partial charge in [0.25, 0.3) is 0 Å². The molecule has 0 aromatic heterocycles. The van der Waals surface area contributed by atoms with E-state index in [1.165, 1.54) is 0 Å². The molecule has 0 heterocycles. The minimum Gasteiger partial charge on any atom is -0.617 e. The average molecular weight is 147 g/mol. The van der Waals surface area contributed by atoms with Crippen LogP contribution in [0.1, 0.15) is 6.92 Å². The standard InChI is InChI=1S/C2H7NOS2.Na/c1-2-3-6(4)5;/h3H,2H2,1H3,(H,4,5);/q;+1/p-1. The fourth-order valence-corrected chi connectivity index (χ4v) is 0.707. The number of nitrogens with one attached hydrogen (secondary N) is 1. The molecule has 0 radical (unpaired) electrons. The molecule has 5 heteroatoms. The smallest absolute Gasteiger partial charge is 0.617 e. The van der Waals surface area contributed by atoms with Crippen LogP contribution in [-0.4, -0.2) is 11.1 Å². The van der Waals surface area contributed by atoms with Gasteiger partial charge >= 0.3 is 29.6 Å². The third kappa shape index (κ3) is 11.3. The van der Waals surface area contributed by atoms with Gasteiger partial charge in [-0.05, 0) is 6.92 Å². The quantitative estimate of drug-likeness (QED) is 0.193. The van der Waals surface area contributed by atoms with E-state index >= 15 is 0 Å². The van der Waals surface area contributed by atoms with Gasteiger partial charge in [0.1, 0.15) is 0 Å². The first-order valence-electron chi connectivity index (χ1n) is 1.60. The molecule has 7 heavy (non-hydrogen) atoms. The van der Waals surface area contributed by atoms with Crippen molar-refractivity contribution in [3.63, 3.8) is 0 Å². The molecule has 0 aromatic carbocycles. The maximum absolute atomic E-state index is 9.86. The molecule has 38 valence electrons. The van der Waals surface area contributed by atoms with Gasteiger partial charge in [-0.25, -0.2) is 0 Å². The molecule has 0 amide bonds. The van der Waals surface area contributed by atoms with Crippen LogP contribution in [0.3, 0.4) is 0 Å². The van der Waals surface area contributed by atoms with Gasteiger partial charge < -0.3 is 16.2 Å².